The molecule has 1 fully saturated rings. The number of piperazine rings is 1. The number of anilines is 1. The van der Waals surface area contributed by atoms with Crippen LogP contribution in [0.1, 0.15) is 5.56 Å². The third-order valence-electron chi connectivity index (χ3n) is 4.62. The summed E-state index contributed by atoms with van der Waals surface area (Å²) >= 11 is 0. The minimum atomic E-state index is -4.49. The summed E-state index contributed by atoms with van der Waals surface area (Å²) in [6.45, 7) is 0.501. The first-order valence-electron chi connectivity index (χ1n) is 8.65. The number of rotatable bonds is 5. The van der Waals surface area contributed by atoms with Crippen LogP contribution in [0.3, 0.4) is 0 Å². The first-order chi connectivity index (χ1) is 14.0. The molecule has 0 spiro atoms. The zero-order valence-electron chi connectivity index (χ0n) is 15.7. The Kier molecular flexibility index (Phi) is 5.85. The molecule has 0 N–H and O–H groups in total. The number of aromatic nitrogens is 1. The molecule has 3 rings (SSSR count). The maximum atomic E-state index is 12.9. The Morgan fingerprint density at radius 3 is 2.30 bits per heavy atom. The zero-order chi connectivity index (χ0) is 22.1. The van der Waals surface area contributed by atoms with Gasteiger partial charge in [0.05, 0.1) is 22.5 Å². The lowest BCUT2D eigenvalue weighted by Crippen LogP contribution is -2.48. The lowest BCUT2D eigenvalue weighted by molar-refractivity contribution is -0.386. The Bertz CT molecular complexity index is 1040. The summed E-state index contributed by atoms with van der Waals surface area (Å²) in [6.07, 6.45) is -3.76. The Labute approximate surface area is 169 Å². The van der Waals surface area contributed by atoms with Crippen LogP contribution in [0, 0.1) is 10.1 Å². The van der Waals surface area contributed by atoms with Crippen molar-refractivity contribution in [2.75, 3.05) is 38.2 Å². The first-order valence-corrected chi connectivity index (χ1v) is 10.1. The fraction of sp³-hybridized carbons (Fsp3) is 0.353. The molecule has 13 heteroatoms. The van der Waals surface area contributed by atoms with Crippen LogP contribution in [0.5, 0.6) is 5.75 Å². The zero-order valence-corrected chi connectivity index (χ0v) is 16.5. The average Bonchev–Trinajstić information content (AvgIpc) is 2.72. The van der Waals surface area contributed by atoms with E-state index in [0.29, 0.717) is 5.82 Å². The highest BCUT2D eigenvalue weighted by atomic mass is 32.2. The summed E-state index contributed by atoms with van der Waals surface area (Å²) in [7, 11) is -2.76. The quantitative estimate of drug-likeness (QED) is 0.513. The molecule has 1 aromatic carbocycles. The Hall–Kier alpha value is -2.93. The molecule has 162 valence electrons. The van der Waals surface area contributed by atoms with Gasteiger partial charge in [-0.15, -0.1) is 0 Å². The first kappa shape index (κ1) is 21.8. The number of hydrogen-bond donors (Lipinski definition) is 0. The fourth-order valence-electron chi connectivity index (χ4n) is 3.02. The summed E-state index contributed by atoms with van der Waals surface area (Å²) in [4.78, 5) is 15.7. The summed E-state index contributed by atoms with van der Waals surface area (Å²) in [5.74, 6) is 0.247. The molecule has 1 aliphatic rings. The normalized spacial score (nSPS) is 15.8. The standard InChI is InChI=1S/C17H17F3N4O5S/c1-29-15-4-3-13(10-14(15)24(25)26)30(27,28)23-8-6-22(7-9-23)16-5-2-12(11-21-16)17(18,19)20/h2-5,10-11H,6-9H2,1H3. The number of benzene rings is 1. The third-order valence-corrected chi connectivity index (χ3v) is 6.52. The lowest BCUT2D eigenvalue weighted by atomic mass is 10.2. The second kappa shape index (κ2) is 8.07. The van der Waals surface area contributed by atoms with Gasteiger partial charge in [-0.05, 0) is 24.3 Å². The van der Waals surface area contributed by atoms with Gasteiger partial charge in [0.25, 0.3) is 0 Å². The largest absolute Gasteiger partial charge is 0.490 e. The minimum absolute atomic E-state index is 0.0465. The van der Waals surface area contributed by atoms with E-state index in [-0.39, 0.29) is 36.8 Å². The third kappa shape index (κ3) is 4.31. The van der Waals surface area contributed by atoms with Crippen LogP contribution in [-0.2, 0) is 16.2 Å². The maximum Gasteiger partial charge on any atom is 0.417 e. The number of methoxy groups -OCH3 is 1. The van der Waals surface area contributed by atoms with Gasteiger partial charge in [0.2, 0.25) is 10.0 Å². The topological polar surface area (TPSA) is 106 Å². The highest BCUT2D eigenvalue weighted by Crippen LogP contribution is 2.32. The van der Waals surface area contributed by atoms with Crippen molar-refractivity contribution in [2.45, 2.75) is 11.1 Å². The van der Waals surface area contributed by atoms with Crippen molar-refractivity contribution in [3.8, 4) is 5.75 Å². The van der Waals surface area contributed by atoms with E-state index < -0.39 is 32.4 Å². The second-order valence-corrected chi connectivity index (χ2v) is 8.32. The predicted octanol–water partition coefficient (Wildman–Crippen LogP) is 2.53. The maximum absolute atomic E-state index is 12.9. The van der Waals surface area contributed by atoms with Gasteiger partial charge in [-0.3, -0.25) is 10.1 Å². The predicted molar refractivity (Wildman–Crippen MR) is 99.9 cm³/mol. The van der Waals surface area contributed by atoms with Gasteiger partial charge in [-0.1, -0.05) is 0 Å². The molecular weight excluding hydrogens is 429 g/mol. The molecule has 0 amide bonds. The number of hydrogen-bond acceptors (Lipinski definition) is 7. The van der Waals surface area contributed by atoms with Crippen molar-refractivity contribution in [1.29, 1.82) is 0 Å². The van der Waals surface area contributed by atoms with Gasteiger partial charge in [0.15, 0.2) is 5.75 Å². The molecule has 0 unspecified atom stereocenters. The van der Waals surface area contributed by atoms with Gasteiger partial charge in [-0.25, -0.2) is 13.4 Å². The van der Waals surface area contributed by atoms with Crippen LogP contribution >= 0.6 is 0 Å². The van der Waals surface area contributed by atoms with Gasteiger partial charge in [0.1, 0.15) is 5.82 Å². The molecule has 0 atom stereocenters. The van der Waals surface area contributed by atoms with E-state index in [9.17, 15) is 31.7 Å². The number of sulfonamides is 1. The van der Waals surface area contributed by atoms with Crippen molar-refractivity contribution < 1.29 is 31.2 Å². The molecule has 0 aliphatic carbocycles. The second-order valence-electron chi connectivity index (χ2n) is 6.38. The molecule has 1 aliphatic heterocycles. The molecule has 30 heavy (non-hydrogen) atoms. The van der Waals surface area contributed by atoms with Crippen molar-refractivity contribution in [1.82, 2.24) is 9.29 Å². The van der Waals surface area contributed by atoms with Crippen LogP contribution in [-0.4, -0.2) is 55.9 Å². The van der Waals surface area contributed by atoms with E-state index in [1.807, 2.05) is 0 Å². The van der Waals surface area contributed by atoms with Crippen molar-refractivity contribution in [3.63, 3.8) is 0 Å². The highest BCUT2D eigenvalue weighted by molar-refractivity contribution is 7.89. The number of ether oxygens (including phenoxy) is 1. The van der Waals surface area contributed by atoms with Gasteiger partial charge in [-0.2, -0.15) is 17.5 Å². The molecule has 1 saturated heterocycles. The molecule has 0 radical (unpaired) electrons. The van der Waals surface area contributed by atoms with Gasteiger partial charge < -0.3 is 9.64 Å². The molecule has 0 saturated carbocycles. The molecular formula is C17H17F3N4O5S. The summed E-state index contributed by atoms with van der Waals surface area (Å²) in [5, 5.41) is 11.2. The number of nitrogens with zero attached hydrogens (tertiary/aromatic N) is 4. The average molecular weight is 446 g/mol. The van der Waals surface area contributed by atoms with E-state index in [2.05, 4.69) is 4.98 Å². The van der Waals surface area contributed by atoms with Gasteiger partial charge >= 0.3 is 11.9 Å². The Morgan fingerprint density at radius 2 is 1.80 bits per heavy atom. The van der Waals surface area contributed by atoms with E-state index in [0.717, 1.165) is 18.3 Å². The van der Waals surface area contributed by atoms with E-state index in [1.165, 1.54) is 29.6 Å². The molecule has 2 aromatic rings. The van der Waals surface area contributed by atoms with E-state index >= 15 is 0 Å². The molecule has 2 heterocycles. The number of halogens is 3. The number of nitro groups is 1. The van der Waals surface area contributed by atoms with E-state index in [4.69, 9.17) is 4.74 Å². The Balaban J connectivity index is 1.74. The van der Waals surface area contributed by atoms with Crippen LogP contribution in [0.25, 0.3) is 0 Å². The molecule has 0 bridgehead atoms. The monoisotopic (exact) mass is 446 g/mol. The molecule has 9 nitrogen and oxygen atoms in total. The summed E-state index contributed by atoms with van der Waals surface area (Å²) in [6, 6.07) is 5.54. The van der Waals surface area contributed by atoms with Crippen molar-refractivity contribution in [3.05, 3.63) is 52.2 Å². The SMILES string of the molecule is COc1ccc(S(=O)(=O)N2CCN(c3ccc(C(F)(F)F)cn3)CC2)cc1[N+](=O)[O-]. The van der Waals surface area contributed by atoms with E-state index in [1.54, 1.807) is 4.90 Å². The van der Waals surface area contributed by atoms with Crippen LogP contribution in [0.15, 0.2) is 41.4 Å². The van der Waals surface area contributed by atoms with Crippen molar-refractivity contribution >= 4 is 21.5 Å². The van der Waals surface area contributed by atoms with Gasteiger partial charge in [0, 0.05) is 38.4 Å². The molecule has 1 aromatic heterocycles. The summed E-state index contributed by atoms with van der Waals surface area (Å²) < 4.78 is 69.7. The number of pyridine rings is 1. The highest BCUT2D eigenvalue weighted by Gasteiger charge is 2.33. The number of nitro benzene ring substituents is 1. The smallest absolute Gasteiger partial charge is 0.417 e. The Morgan fingerprint density at radius 1 is 1.13 bits per heavy atom. The van der Waals surface area contributed by atoms with Crippen molar-refractivity contribution in [2.24, 2.45) is 0 Å². The van der Waals surface area contributed by atoms with Crippen LogP contribution in [0.2, 0.25) is 0 Å². The number of alkyl halides is 3. The summed E-state index contributed by atoms with van der Waals surface area (Å²) in [5.41, 5.74) is -1.33. The minimum Gasteiger partial charge on any atom is -0.490 e. The lowest BCUT2D eigenvalue weighted by Gasteiger charge is -2.34. The van der Waals surface area contributed by atoms with Crippen LogP contribution in [0.4, 0.5) is 24.7 Å². The van der Waals surface area contributed by atoms with Crippen LogP contribution < -0.4 is 9.64 Å². The fourth-order valence-corrected chi connectivity index (χ4v) is 4.46.